The number of rotatable bonds is 4. The van der Waals surface area contributed by atoms with Crippen LogP contribution in [-0.4, -0.2) is 27.4 Å². The molecule has 2 aromatic heterocycles. The van der Waals surface area contributed by atoms with E-state index in [0.29, 0.717) is 24.7 Å². The zero-order valence-electron chi connectivity index (χ0n) is 13.2. The average molecular weight is 317 g/mol. The van der Waals surface area contributed by atoms with Gasteiger partial charge in [0.25, 0.3) is 5.56 Å². The van der Waals surface area contributed by atoms with Gasteiger partial charge in [0.2, 0.25) is 0 Å². The zero-order valence-corrected chi connectivity index (χ0v) is 13.2. The minimum absolute atomic E-state index is 0.0628. The molecule has 7 heteroatoms. The molecule has 0 unspecified atom stereocenters. The number of furan rings is 1. The molecule has 3 heterocycles. The van der Waals surface area contributed by atoms with E-state index >= 15 is 0 Å². The van der Waals surface area contributed by atoms with E-state index in [1.807, 2.05) is 6.07 Å². The smallest absolute Gasteiger partial charge is 0.303 e. The van der Waals surface area contributed by atoms with Crippen molar-refractivity contribution in [2.45, 2.75) is 40.0 Å². The van der Waals surface area contributed by atoms with Gasteiger partial charge in [-0.15, -0.1) is 0 Å². The van der Waals surface area contributed by atoms with Gasteiger partial charge >= 0.3 is 5.97 Å². The summed E-state index contributed by atoms with van der Waals surface area (Å²) in [5.41, 5.74) is 1.55. The lowest BCUT2D eigenvalue weighted by molar-refractivity contribution is -0.142. The van der Waals surface area contributed by atoms with Gasteiger partial charge in [-0.1, -0.05) is 0 Å². The van der Waals surface area contributed by atoms with Crippen molar-refractivity contribution in [2.24, 2.45) is 0 Å². The third-order valence-electron chi connectivity index (χ3n) is 3.78. The first kappa shape index (κ1) is 15.5. The second-order valence-corrected chi connectivity index (χ2v) is 5.69. The van der Waals surface area contributed by atoms with Crippen molar-refractivity contribution in [1.29, 1.82) is 0 Å². The Hall–Kier alpha value is -2.41. The topological polar surface area (TPSA) is 88.4 Å². The number of esters is 1. The second kappa shape index (κ2) is 6.37. The molecular formula is C16H19N3O4. The van der Waals surface area contributed by atoms with Crippen LogP contribution >= 0.6 is 0 Å². The summed E-state index contributed by atoms with van der Waals surface area (Å²) < 4.78 is 10.6. The molecular weight excluding hydrogens is 298 g/mol. The largest absolute Gasteiger partial charge is 0.461 e. The van der Waals surface area contributed by atoms with Gasteiger partial charge in [-0.2, -0.15) is 0 Å². The van der Waals surface area contributed by atoms with Crippen molar-refractivity contribution in [3.8, 4) is 0 Å². The van der Waals surface area contributed by atoms with Gasteiger partial charge in [-0.3, -0.25) is 14.5 Å². The van der Waals surface area contributed by atoms with Crippen LogP contribution in [0.4, 0.5) is 0 Å². The standard InChI is InChI=1S/C16H19N3O4/c1-10-17-15-5-6-19(8-14(15)16(21)18-10)7-12-3-4-13(23-12)9-22-11(2)20/h3-4H,5-9H2,1-2H3,(H,17,18,21). The van der Waals surface area contributed by atoms with Crippen molar-refractivity contribution in [2.75, 3.05) is 6.54 Å². The fourth-order valence-corrected chi connectivity index (χ4v) is 2.72. The van der Waals surface area contributed by atoms with Crippen LogP contribution in [0.3, 0.4) is 0 Å². The van der Waals surface area contributed by atoms with Crippen LogP contribution < -0.4 is 5.56 Å². The van der Waals surface area contributed by atoms with Gasteiger partial charge in [0, 0.05) is 26.4 Å². The van der Waals surface area contributed by atoms with E-state index in [-0.39, 0.29) is 18.1 Å². The number of carbonyl (C=O) groups excluding carboxylic acids is 1. The highest BCUT2D eigenvalue weighted by molar-refractivity contribution is 5.65. The van der Waals surface area contributed by atoms with Crippen molar-refractivity contribution in [3.05, 3.63) is 51.1 Å². The number of aromatic nitrogens is 2. The molecule has 0 spiro atoms. The first-order valence-electron chi connectivity index (χ1n) is 7.53. The van der Waals surface area contributed by atoms with E-state index in [4.69, 9.17) is 9.15 Å². The summed E-state index contributed by atoms with van der Waals surface area (Å²) in [5, 5.41) is 0. The number of H-pyrrole nitrogens is 1. The molecule has 0 bridgehead atoms. The van der Waals surface area contributed by atoms with E-state index in [9.17, 15) is 9.59 Å². The van der Waals surface area contributed by atoms with Gasteiger partial charge in [0.15, 0.2) is 0 Å². The second-order valence-electron chi connectivity index (χ2n) is 5.69. The Morgan fingerprint density at radius 2 is 2.22 bits per heavy atom. The number of aryl methyl sites for hydroxylation is 1. The number of aromatic amines is 1. The van der Waals surface area contributed by atoms with Crippen LogP contribution in [0.15, 0.2) is 21.3 Å². The molecule has 0 amide bonds. The lowest BCUT2D eigenvalue weighted by Crippen LogP contribution is -2.35. The molecule has 0 aliphatic carbocycles. The molecule has 2 aromatic rings. The molecule has 1 aliphatic rings. The molecule has 1 aliphatic heterocycles. The predicted octanol–water partition coefficient (Wildman–Crippen LogP) is 1.29. The van der Waals surface area contributed by atoms with Crippen LogP contribution in [0.5, 0.6) is 0 Å². The lowest BCUT2D eigenvalue weighted by atomic mass is 10.1. The number of hydrogen-bond donors (Lipinski definition) is 1. The lowest BCUT2D eigenvalue weighted by Gasteiger charge is -2.26. The van der Waals surface area contributed by atoms with Crippen molar-refractivity contribution in [3.63, 3.8) is 0 Å². The maximum Gasteiger partial charge on any atom is 0.303 e. The van der Waals surface area contributed by atoms with E-state index in [1.165, 1.54) is 6.92 Å². The predicted molar refractivity (Wildman–Crippen MR) is 81.6 cm³/mol. The van der Waals surface area contributed by atoms with Crippen molar-refractivity contribution >= 4 is 5.97 Å². The van der Waals surface area contributed by atoms with Crippen LogP contribution in [0.25, 0.3) is 0 Å². The summed E-state index contributed by atoms with van der Waals surface area (Å²) in [6, 6.07) is 3.67. The summed E-state index contributed by atoms with van der Waals surface area (Å²) in [6.07, 6.45) is 0.751. The molecule has 3 rings (SSSR count). The molecule has 0 aromatic carbocycles. The van der Waals surface area contributed by atoms with Gasteiger partial charge < -0.3 is 14.1 Å². The summed E-state index contributed by atoms with van der Waals surface area (Å²) >= 11 is 0. The average Bonchev–Trinajstić information content (AvgIpc) is 2.93. The number of nitrogens with one attached hydrogen (secondary N) is 1. The molecule has 0 radical (unpaired) electrons. The maximum atomic E-state index is 12.0. The summed E-state index contributed by atoms with van der Waals surface area (Å²) in [4.78, 5) is 32.1. The normalized spacial score (nSPS) is 14.5. The van der Waals surface area contributed by atoms with Gasteiger partial charge in [0.1, 0.15) is 24.0 Å². The van der Waals surface area contributed by atoms with Crippen LogP contribution in [0.2, 0.25) is 0 Å². The highest BCUT2D eigenvalue weighted by atomic mass is 16.5. The highest BCUT2D eigenvalue weighted by Crippen LogP contribution is 2.18. The molecule has 23 heavy (non-hydrogen) atoms. The molecule has 1 N–H and O–H groups in total. The van der Waals surface area contributed by atoms with E-state index in [1.54, 1.807) is 13.0 Å². The third-order valence-corrected chi connectivity index (χ3v) is 3.78. The highest BCUT2D eigenvalue weighted by Gasteiger charge is 2.21. The minimum Gasteiger partial charge on any atom is -0.461 e. The SMILES string of the molecule is CC(=O)OCc1ccc(CN2CCc3nc(C)[nH]c(=O)c3C2)o1. The number of ether oxygens (including phenoxy) is 1. The Morgan fingerprint density at radius 1 is 1.43 bits per heavy atom. The van der Waals surface area contributed by atoms with Crippen LogP contribution in [0.1, 0.15) is 35.5 Å². The van der Waals surface area contributed by atoms with Gasteiger partial charge in [-0.25, -0.2) is 4.98 Å². The molecule has 0 fully saturated rings. The first-order chi connectivity index (χ1) is 11.0. The number of nitrogens with zero attached hydrogens (tertiary/aromatic N) is 2. The van der Waals surface area contributed by atoms with Crippen LogP contribution in [-0.2, 0) is 35.6 Å². The van der Waals surface area contributed by atoms with E-state index in [0.717, 1.165) is 30.0 Å². The molecule has 0 atom stereocenters. The van der Waals surface area contributed by atoms with Crippen molar-refractivity contribution < 1.29 is 13.9 Å². The minimum atomic E-state index is -0.336. The summed E-state index contributed by atoms with van der Waals surface area (Å²) in [7, 11) is 0. The quantitative estimate of drug-likeness (QED) is 0.855. The fourth-order valence-electron chi connectivity index (χ4n) is 2.72. The number of carbonyl (C=O) groups is 1. The van der Waals surface area contributed by atoms with Crippen molar-refractivity contribution in [1.82, 2.24) is 14.9 Å². The Labute approximate surface area is 133 Å². The monoisotopic (exact) mass is 317 g/mol. The van der Waals surface area contributed by atoms with E-state index < -0.39 is 0 Å². The first-order valence-corrected chi connectivity index (χ1v) is 7.53. The molecule has 122 valence electrons. The summed E-state index contributed by atoms with van der Waals surface area (Å²) in [6.45, 7) is 5.28. The fraction of sp³-hybridized carbons (Fsp3) is 0.438. The molecule has 0 saturated heterocycles. The molecule has 0 saturated carbocycles. The van der Waals surface area contributed by atoms with Crippen LogP contribution in [0, 0.1) is 6.92 Å². The van der Waals surface area contributed by atoms with Gasteiger partial charge in [0.05, 0.1) is 17.8 Å². The maximum absolute atomic E-state index is 12.0. The molecule has 7 nitrogen and oxygen atoms in total. The zero-order chi connectivity index (χ0) is 16.4. The Morgan fingerprint density at radius 3 is 3.00 bits per heavy atom. The Kier molecular flexibility index (Phi) is 4.29. The third kappa shape index (κ3) is 3.68. The Bertz CT molecular complexity index is 778. The Balaban J connectivity index is 1.66. The number of hydrogen-bond acceptors (Lipinski definition) is 6. The van der Waals surface area contributed by atoms with Gasteiger partial charge in [-0.05, 0) is 19.1 Å². The summed E-state index contributed by atoms with van der Waals surface area (Å²) in [5.74, 6) is 1.72. The van der Waals surface area contributed by atoms with E-state index in [2.05, 4.69) is 14.9 Å². The number of fused-ring (bicyclic) bond motifs is 1.